The number of carbonyl (C=O) groups is 1. The van der Waals surface area contributed by atoms with Crippen molar-refractivity contribution in [2.45, 2.75) is 38.6 Å². The predicted octanol–water partition coefficient (Wildman–Crippen LogP) is 1.20. The zero-order valence-electron chi connectivity index (χ0n) is 11.9. The van der Waals surface area contributed by atoms with Gasteiger partial charge in [0.15, 0.2) is 0 Å². The zero-order chi connectivity index (χ0) is 13.4. The van der Waals surface area contributed by atoms with E-state index in [0.717, 1.165) is 13.1 Å². The molecule has 0 aromatic carbocycles. The van der Waals surface area contributed by atoms with Crippen molar-refractivity contribution in [2.24, 2.45) is 0 Å². The maximum atomic E-state index is 11.6. The molecule has 1 heterocycles. The molecule has 0 aliphatic carbocycles. The summed E-state index contributed by atoms with van der Waals surface area (Å²) in [6.45, 7) is 8.42. The van der Waals surface area contributed by atoms with Crippen molar-refractivity contribution < 1.29 is 9.53 Å². The highest BCUT2D eigenvalue weighted by Gasteiger charge is 2.28. The highest BCUT2D eigenvalue weighted by molar-refractivity contribution is 5.73. The molecule has 0 radical (unpaired) electrons. The van der Waals surface area contributed by atoms with Gasteiger partial charge in [0.1, 0.15) is 0 Å². The van der Waals surface area contributed by atoms with E-state index in [1.807, 2.05) is 0 Å². The van der Waals surface area contributed by atoms with Crippen LogP contribution in [0.25, 0.3) is 0 Å². The van der Waals surface area contributed by atoms with Gasteiger partial charge in [0.25, 0.3) is 0 Å². The Balaban J connectivity index is 2.24. The minimum Gasteiger partial charge on any atom is -0.383 e. The molecule has 1 fully saturated rings. The van der Waals surface area contributed by atoms with Crippen molar-refractivity contribution >= 4 is 6.03 Å². The van der Waals surface area contributed by atoms with Crippen LogP contribution in [0, 0.1) is 0 Å². The molecule has 2 N–H and O–H groups in total. The molecule has 0 atom stereocenters. The summed E-state index contributed by atoms with van der Waals surface area (Å²) < 4.78 is 4.88. The molecule has 0 aromatic heterocycles. The lowest BCUT2D eigenvalue weighted by Crippen LogP contribution is -2.54. The first-order valence-electron chi connectivity index (χ1n) is 6.82. The minimum atomic E-state index is -0.114. The van der Waals surface area contributed by atoms with E-state index in [-0.39, 0.29) is 11.6 Å². The molecule has 5 heteroatoms. The number of hydrogen-bond donors (Lipinski definition) is 2. The maximum absolute atomic E-state index is 11.6. The second-order valence-corrected chi connectivity index (χ2v) is 5.46. The molecule has 2 amide bonds. The van der Waals surface area contributed by atoms with Gasteiger partial charge >= 0.3 is 6.03 Å². The number of amides is 2. The molecule has 0 bridgehead atoms. The highest BCUT2D eigenvalue weighted by Crippen LogP contribution is 2.19. The first-order valence-corrected chi connectivity index (χ1v) is 6.82. The maximum Gasteiger partial charge on any atom is 0.314 e. The van der Waals surface area contributed by atoms with Gasteiger partial charge in [-0.15, -0.1) is 0 Å². The Bertz CT molecular complexity index is 251. The fraction of sp³-hybridized carbons (Fsp3) is 0.923. The van der Waals surface area contributed by atoms with Gasteiger partial charge in [-0.3, -0.25) is 4.90 Å². The largest absolute Gasteiger partial charge is 0.383 e. The number of carbonyl (C=O) groups excluding carboxylic acids is 1. The van der Waals surface area contributed by atoms with Crippen LogP contribution in [0.5, 0.6) is 0 Å². The molecule has 0 saturated carbocycles. The van der Waals surface area contributed by atoms with Gasteiger partial charge in [-0.25, -0.2) is 4.79 Å². The number of ether oxygens (including phenoxy) is 1. The molecular weight excluding hydrogens is 230 g/mol. The Hall–Kier alpha value is -0.810. The molecule has 106 valence electrons. The summed E-state index contributed by atoms with van der Waals surface area (Å²) in [7, 11) is 1.62. The van der Waals surface area contributed by atoms with Crippen LogP contribution in [0.1, 0.15) is 33.1 Å². The normalized spacial score (nSPS) is 17.5. The summed E-state index contributed by atoms with van der Waals surface area (Å²) >= 11 is 0. The summed E-state index contributed by atoms with van der Waals surface area (Å²) in [5, 5.41) is 5.70. The molecule has 1 saturated heterocycles. The van der Waals surface area contributed by atoms with Gasteiger partial charge in [0.05, 0.1) is 6.61 Å². The van der Waals surface area contributed by atoms with E-state index >= 15 is 0 Å². The second-order valence-electron chi connectivity index (χ2n) is 5.46. The number of urea groups is 1. The van der Waals surface area contributed by atoms with Gasteiger partial charge in [-0.2, -0.15) is 0 Å². The van der Waals surface area contributed by atoms with Crippen molar-refractivity contribution in [3.63, 3.8) is 0 Å². The van der Waals surface area contributed by atoms with Crippen LogP contribution in [0.3, 0.4) is 0 Å². The molecule has 0 unspecified atom stereocenters. The Morgan fingerprint density at radius 3 is 2.50 bits per heavy atom. The fourth-order valence-electron chi connectivity index (χ4n) is 2.24. The van der Waals surface area contributed by atoms with Crippen molar-refractivity contribution in [1.82, 2.24) is 15.5 Å². The third-order valence-electron chi connectivity index (χ3n) is 3.49. The predicted molar refractivity (Wildman–Crippen MR) is 72.8 cm³/mol. The second kappa shape index (κ2) is 7.59. The lowest BCUT2D eigenvalue weighted by Gasteiger charge is -2.41. The van der Waals surface area contributed by atoms with Gasteiger partial charge in [-0.05, 0) is 39.8 Å². The zero-order valence-corrected chi connectivity index (χ0v) is 11.9. The van der Waals surface area contributed by atoms with Crippen LogP contribution in [0.15, 0.2) is 0 Å². The van der Waals surface area contributed by atoms with Crippen LogP contribution < -0.4 is 10.6 Å². The highest BCUT2D eigenvalue weighted by atomic mass is 16.5. The number of piperidine rings is 1. The monoisotopic (exact) mass is 257 g/mol. The number of hydrogen-bond acceptors (Lipinski definition) is 3. The van der Waals surface area contributed by atoms with Crippen LogP contribution >= 0.6 is 0 Å². The van der Waals surface area contributed by atoms with Crippen molar-refractivity contribution in [3.8, 4) is 0 Å². The fourth-order valence-corrected chi connectivity index (χ4v) is 2.24. The van der Waals surface area contributed by atoms with Crippen LogP contribution in [-0.4, -0.2) is 56.4 Å². The van der Waals surface area contributed by atoms with Gasteiger partial charge < -0.3 is 15.4 Å². The molecule has 5 nitrogen and oxygen atoms in total. The van der Waals surface area contributed by atoms with Crippen molar-refractivity contribution in [1.29, 1.82) is 0 Å². The third-order valence-corrected chi connectivity index (χ3v) is 3.49. The first-order chi connectivity index (χ1) is 8.56. The Morgan fingerprint density at radius 1 is 1.22 bits per heavy atom. The number of nitrogens with zero attached hydrogens (tertiary/aromatic N) is 1. The molecule has 1 rings (SSSR count). The number of likely N-dealkylation sites (tertiary alicyclic amines) is 1. The van der Waals surface area contributed by atoms with Gasteiger partial charge in [0, 0.05) is 25.7 Å². The smallest absolute Gasteiger partial charge is 0.314 e. The van der Waals surface area contributed by atoms with E-state index in [0.29, 0.717) is 19.7 Å². The molecular formula is C13H27N3O2. The SMILES string of the molecule is COCCNC(=O)NCC(C)(C)N1CCCCC1. The van der Waals surface area contributed by atoms with E-state index in [1.54, 1.807) is 7.11 Å². The molecule has 1 aliphatic rings. The number of nitrogens with one attached hydrogen (secondary N) is 2. The Kier molecular flexibility index (Phi) is 6.43. The number of methoxy groups -OCH3 is 1. The first kappa shape index (κ1) is 15.2. The summed E-state index contributed by atoms with van der Waals surface area (Å²) in [6.07, 6.45) is 3.87. The summed E-state index contributed by atoms with van der Waals surface area (Å²) in [4.78, 5) is 14.0. The van der Waals surface area contributed by atoms with E-state index < -0.39 is 0 Å². The van der Waals surface area contributed by atoms with Crippen molar-refractivity contribution in [3.05, 3.63) is 0 Å². The van der Waals surface area contributed by atoms with Gasteiger partial charge in [-0.1, -0.05) is 6.42 Å². The quantitative estimate of drug-likeness (QED) is 0.703. The molecule has 1 aliphatic heterocycles. The lowest BCUT2D eigenvalue weighted by atomic mass is 9.98. The average molecular weight is 257 g/mol. The van der Waals surface area contributed by atoms with Crippen LogP contribution in [-0.2, 0) is 4.74 Å². The molecule has 0 aromatic rings. The van der Waals surface area contributed by atoms with E-state index in [4.69, 9.17) is 4.74 Å². The molecule has 0 spiro atoms. The average Bonchev–Trinajstić information content (AvgIpc) is 2.38. The van der Waals surface area contributed by atoms with Crippen LogP contribution in [0.2, 0.25) is 0 Å². The summed E-state index contributed by atoms with van der Waals surface area (Å²) in [5.74, 6) is 0. The van der Waals surface area contributed by atoms with Crippen molar-refractivity contribution in [2.75, 3.05) is 39.9 Å². The summed E-state index contributed by atoms with van der Waals surface area (Å²) in [5.41, 5.74) is 0.0268. The standard InChI is InChI=1S/C13H27N3O2/c1-13(2,16-8-5-4-6-9-16)11-15-12(17)14-7-10-18-3/h4-11H2,1-3H3,(H2,14,15,17). The van der Waals surface area contributed by atoms with E-state index in [1.165, 1.54) is 19.3 Å². The Morgan fingerprint density at radius 2 is 1.89 bits per heavy atom. The van der Waals surface area contributed by atoms with E-state index in [2.05, 4.69) is 29.4 Å². The van der Waals surface area contributed by atoms with Crippen LogP contribution in [0.4, 0.5) is 4.79 Å². The Labute approximate surface area is 110 Å². The van der Waals surface area contributed by atoms with Gasteiger partial charge in [0.2, 0.25) is 0 Å². The topological polar surface area (TPSA) is 53.6 Å². The number of rotatable bonds is 6. The lowest BCUT2D eigenvalue weighted by molar-refractivity contribution is 0.0959. The van der Waals surface area contributed by atoms with E-state index in [9.17, 15) is 4.79 Å². The minimum absolute atomic E-state index is 0.0268. The third kappa shape index (κ3) is 5.23. The molecule has 18 heavy (non-hydrogen) atoms. The summed E-state index contributed by atoms with van der Waals surface area (Å²) in [6, 6.07) is -0.114.